The smallest absolute Gasteiger partial charge is 0.0594 e. The monoisotopic (exact) mass is 270 g/mol. The molecule has 0 rings (SSSR count). The van der Waals surface area contributed by atoms with Gasteiger partial charge < -0.3 is 8.41 Å². The van der Waals surface area contributed by atoms with Crippen LogP contribution in [0, 0.1) is 0 Å². The molecule has 0 spiro atoms. The number of hydrogen-bond acceptors (Lipinski definition) is 0. The van der Waals surface area contributed by atoms with Crippen molar-refractivity contribution in [2.45, 2.75) is 79.1 Å². The quantitative estimate of drug-likeness (QED) is 0.309. The summed E-state index contributed by atoms with van der Waals surface area (Å²) >= 11 is 0. The Kier molecular flexibility index (Phi) is 16.1. The van der Waals surface area contributed by atoms with Crippen LogP contribution in [0.4, 0.5) is 0 Å². The first-order valence-electron chi connectivity index (χ1n) is 8.09. The molecule has 0 heterocycles. The summed E-state index contributed by atoms with van der Waals surface area (Å²) in [6.07, 6.45) is 17.9. The van der Waals surface area contributed by atoms with Crippen molar-refractivity contribution in [3.63, 3.8) is 0 Å². The zero-order valence-electron chi connectivity index (χ0n) is 13.5. The second kappa shape index (κ2) is 13.9. The molecule has 0 atom stereocenters. The highest BCUT2D eigenvalue weighted by Gasteiger charge is 2.34. The van der Waals surface area contributed by atoms with Crippen LogP contribution >= 0.6 is 7.26 Å². The van der Waals surface area contributed by atoms with Crippen LogP contribution in [0.25, 0.3) is 0 Å². The van der Waals surface area contributed by atoms with E-state index in [2.05, 4.69) is 27.7 Å². The molecule has 0 amide bonds. The zero-order valence-corrected chi connectivity index (χ0v) is 14.4. The molecule has 0 aromatic carbocycles. The van der Waals surface area contributed by atoms with Gasteiger partial charge in [-0.2, -0.15) is 0 Å². The van der Waals surface area contributed by atoms with E-state index in [0.717, 1.165) is 0 Å². The molecule has 0 saturated heterocycles. The van der Waals surface area contributed by atoms with Crippen molar-refractivity contribution >= 4 is 15.7 Å². The molecule has 0 aromatic heterocycles. The average molecular weight is 270 g/mol. The van der Waals surface area contributed by atoms with Gasteiger partial charge in [-0.25, -0.2) is 0 Å². The van der Waals surface area contributed by atoms with Crippen LogP contribution in [0.1, 0.15) is 79.1 Å². The maximum absolute atomic E-state index is 2.36. The van der Waals surface area contributed by atoms with Crippen LogP contribution < -0.4 is 0 Å². The summed E-state index contributed by atoms with van der Waals surface area (Å²) in [4.78, 5) is 0. The zero-order chi connectivity index (χ0) is 13.0. The molecule has 4 radical (unpaired) electrons. The van der Waals surface area contributed by atoms with Crippen molar-refractivity contribution in [2.24, 2.45) is 0 Å². The lowest BCUT2D eigenvalue weighted by molar-refractivity contribution is 0.814. The molecule has 0 aliphatic carbocycles. The summed E-state index contributed by atoms with van der Waals surface area (Å²) in [6.45, 7) is 9.42. The molecule has 0 unspecified atom stereocenters. The molecule has 0 bridgehead atoms. The molecule has 18 heavy (non-hydrogen) atoms. The minimum Gasteiger partial charge on any atom is -1.00 e. The van der Waals surface area contributed by atoms with Gasteiger partial charge in [0.05, 0.1) is 24.6 Å². The third kappa shape index (κ3) is 9.43. The maximum atomic E-state index is 2.36. The van der Waals surface area contributed by atoms with Crippen LogP contribution in [-0.2, 0) is 0 Å². The summed E-state index contributed by atoms with van der Waals surface area (Å²) in [7, 11) is -0.562. The molecule has 0 aliphatic rings. The second-order valence-electron chi connectivity index (χ2n) is 5.65. The van der Waals surface area contributed by atoms with Crippen LogP contribution in [-0.4, -0.2) is 33.1 Å². The molecule has 0 aromatic rings. The van der Waals surface area contributed by atoms with Gasteiger partial charge in [0.1, 0.15) is 0 Å². The topological polar surface area (TPSA) is 0 Å². The molecule has 0 fully saturated rings. The van der Waals surface area contributed by atoms with Crippen LogP contribution in [0.3, 0.4) is 0 Å². The van der Waals surface area contributed by atoms with Crippen molar-refractivity contribution in [2.75, 3.05) is 24.6 Å². The van der Waals surface area contributed by atoms with Gasteiger partial charge in [0.15, 0.2) is 0 Å². The van der Waals surface area contributed by atoms with E-state index < -0.39 is 7.26 Å². The van der Waals surface area contributed by atoms with E-state index in [4.69, 9.17) is 0 Å². The highest BCUT2D eigenvalue weighted by molar-refractivity contribution is 7.75. The first kappa shape index (κ1) is 20.8. The van der Waals surface area contributed by atoms with E-state index in [1.807, 2.05) is 0 Å². The Morgan fingerprint density at radius 3 is 0.889 bits per heavy atom. The van der Waals surface area contributed by atoms with Crippen molar-refractivity contribution in [3.05, 3.63) is 0 Å². The van der Waals surface area contributed by atoms with Crippen LogP contribution in [0.2, 0.25) is 0 Å². The summed E-state index contributed by atoms with van der Waals surface area (Å²) in [5.74, 6) is 0. The second-order valence-corrected chi connectivity index (χ2v) is 10.1. The molecule has 0 aliphatic heterocycles. The van der Waals surface area contributed by atoms with Crippen molar-refractivity contribution in [3.8, 4) is 0 Å². The number of rotatable bonds is 12. The standard InChI is InChI=1S/C16H36P.B/c1-5-9-13-17(14-10-6-2,15-11-7-3)16-12-8-4;/h5-16H2,1-4H3;/q+1;-1. The van der Waals surface area contributed by atoms with Gasteiger partial charge in [-0.1, -0.05) is 53.4 Å². The molecule has 108 valence electrons. The SMILES string of the molecule is CCCC[P+](CCCC)(CCCC)CCCC.[B-]. The maximum Gasteiger partial charge on any atom is 0.0594 e. The van der Waals surface area contributed by atoms with Gasteiger partial charge in [0.2, 0.25) is 0 Å². The normalized spacial score (nSPS) is 11.3. The Morgan fingerprint density at radius 1 is 0.500 bits per heavy atom. The minimum atomic E-state index is -0.562. The van der Waals surface area contributed by atoms with E-state index >= 15 is 0 Å². The van der Waals surface area contributed by atoms with Crippen LogP contribution in [0.5, 0.6) is 0 Å². The fraction of sp³-hybridized carbons (Fsp3) is 1.00. The number of unbranched alkanes of at least 4 members (excludes halogenated alkanes) is 4. The summed E-state index contributed by atoms with van der Waals surface area (Å²) in [6, 6.07) is 0. The minimum absolute atomic E-state index is 0. The summed E-state index contributed by atoms with van der Waals surface area (Å²) in [5.41, 5.74) is 0. The van der Waals surface area contributed by atoms with E-state index in [9.17, 15) is 0 Å². The fourth-order valence-electron chi connectivity index (χ4n) is 2.64. The van der Waals surface area contributed by atoms with Crippen LogP contribution in [0.15, 0.2) is 0 Å². The predicted molar refractivity (Wildman–Crippen MR) is 91.8 cm³/mol. The van der Waals surface area contributed by atoms with Gasteiger partial charge in [-0.05, 0) is 25.7 Å². The Bertz CT molecular complexity index is 122. The summed E-state index contributed by atoms with van der Waals surface area (Å²) in [5, 5.41) is 0. The Balaban J connectivity index is 0. The van der Waals surface area contributed by atoms with E-state index in [1.54, 1.807) is 24.6 Å². The third-order valence-electron chi connectivity index (χ3n) is 3.94. The van der Waals surface area contributed by atoms with E-state index in [1.165, 1.54) is 51.4 Å². The molecule has 2 heteroatoms. The fourth-order valence-corrected chi connectivity index (χ4v) is 7.93. The van der Waals surface area contributed by atoms with Crippen molar-refractivity contribution in [1.29, 1.82) is 0 Å². The highest BCUT2D eigenvalue weighted by atomic mass is 31.2. The third-order valence-corrected chi connectivity index (χ3v) is 9.00. The van der Waals surface area contributed by atoms with E-state index in [0.29, 0.717) is 0 Å². The lowest BCUT2D eigenvalue weighted by Gasteiger charge is -2.28. The van der Waals surface area contributed by atoms with Gasteiger partial charge in [0.25, 0.3) is 0 Å². The van der Waals surface area contributed by atoms with Crippen molar-refractivity contribution < 1.29 is 0 Å². The molecular formula is C16H36BP. The predicted octanol–water partition coefficient (Wildman–Crippen LogP) is 5.82. The van der Waals surface area contributed by atoms with Crippen molar-refractivity contribution in [1.82, 2.24) is 0 Å². The Labute approximate surface area is 120 Å². The van der Waals surface area contributed by atoms with Gasteiger partial charge in [-0.3, -0.25) is 0 Å². The molecular weight excluding hydrogens is 234 g/mol. The van der Waals surface area contributed by atoms with Gasteiger partial charge in [0, 0.05) is 7.26 Å². The van der Waals surface area contributed by atoms with Gasteiger partial charge in [-0.15, -0.1) is 0 Å². The Morgan fingerprint density at radius 2 is 0.722 bits per heavy atom. The summed E-state index contributed by atoms with van der Waals surface area (Å²) < 4.78 is 0. The number of hydrogen-bond donors (Lipinski definition) is 0. The largest absolute Gasteiger partial charge is 1.00 e. The molecule has 0 saturated carbocycles. The molecule has 0 N–H and O–H groups in total. The first-order chi connectivity index (χ1) is 8.24. The first-order valence-corrected chi connectivity index (χ1v) is 10.6. The highest BCUT2D eigenvalue weighted by Crippen LogP contribution is 2.61. The Hall–Kier alpha value is 0.495. The average Bonchev–Trinajstić information content (AvgIpc) is 2.37. The van der Waals surface area contributed by atoms with E-state index in [-0.39, 0.29) is 8.41 Å². The lowest BCUT2D eigenvalue weighted by Crippen LogP contribution is -2.12. The van der Waals surface area contributed by atoms with Gasteiger partial charge >= 0.3 is 0 Å². The molecule has 0 nitrogen and oxygen atoms in total. The lowest BCUT2D eigenvalue weighted by atomic mass is 10.4.